The Kier molecular flexibility index (Phi) is 2.94. The summed E-state index contributed by atoms with van der Waals surface area (Å²) in [7, 11) is 0. The molecule has 1 rings (SSSR count). The van der Waals surface area contributed by atoms with Gasteiger partial charge in [0.25, 0.3) is 0 Å². The summed E-state index contributed by atoms with van der Waals surface area (Å²) in [4.78, 5) is 0. The molecule has 1 fully saturated rings. The van der Waals surface area contributed by atoms with Crippen molar-refractivity contribution < 1.29 is 0 Å². The van der Waals surface area contributed by atoms with Crippen LogP contribution in [0.1, 0.15) is 46.0 Å². The van der Waals surface area contributed by atoms with Crippen molar-refractivity contribution in [1.29, 1.82) is 0 Å². The van der Waals surface area contributed by atoms with Crippen molar-refractivity contribution in [2.24, 2.45) is 17.1 Å². The van der Waals surface area contributed by atoms with E-state index in [1.807, 2.05) is 0 Å². The summed E-state index contributed by atoms with van der Waals surface area (Å²) in [5, 5.41) is 0. The largest absolute Gasteiger partial charge is 0.330 e. The fourth-order valence-electron chi connectivity index (χ4n) is 1.83. The summed E-state index contributed by atoms with van der Waals surface area (Å²) < 4.78 is 0. The number of nitrogens with two attached hydrogens (primary N) is 1. The lowest BCUT2D eigenvalue weighted by atomic mass is 9.65. The molecule has 0 spiro atoms. The van der Waals surface area contributed by atoms with Gasteiger partial charge < -0.3 is 5.73 Å². The summed E-state index contributed by atoms with van der Waals surface area (Å²) in [6, 6.07) is 0. The monoisotopic (exact) mass is 155 g/mol. The van der Waals surface area contributed by atoms with E-state index < -0.39 is 0 Å². The first kappa shape index (κ1) is 9.05. The van der Waals surface area contributed by atoms with Crippen LogP contribution in [-0.4, -0.2) is 6.54 Å². The van der Waals surface area contributed by atoms with Crippen LogP contribution < -0.4 is 5.73 Å². The van der Waals surface area contributed by atoms with Crippen molar-refractivity contribution >= 4 is 0 Å². The highest BCUT2D eigenvalue weighted by atomic mass is 14.6. The maximum absolute atomic E-state index is 5.76. The van der Waals surface area contributed by atoms with Crippen molar-refractivity contribution in [2.45, 2.75) is 46.0 Å². The smallest absolute Gasteiger partial charge is 0.00205 e. The van der Waals surface area contributed by atoms with E-state index in [1.165, 1.54) is 32.1 Å². The fraction of sp³-hybridized carbons (Fsp3) is 1.00. The van der Waals surface area contributed by atoms with E-state index >= 15 is 0 Å². The van der Waals surface area contributed by atoms with Crippen LogP contribution in [0.5, 0.6) is 0 Å². The SMILES string of the molecule is CC(C)CCC1(CN)CCC1. The van der Waals surface area contributed by atoms with Crippen molar-refractivity contribution in [3.8, 4) is 0 Å². The van der Waals surface area contributed by atoms with Gasteiger partial charge in [-0.05, 0) is 37.1 Å². The molecule has 1 nitrogen and oxygen atoms in total. The Morgan fingerprint density at radius 2 is 2.00 bits per heavy atom. The number of hydrogen-bond acceptors (Lipinski definition) is 1. The first-order valence-electron chi connectivity index (χ1n) is 4.89. The molecule has 0 aliphatic heterocycles. The van der Waals surface area contributed by atoms with Crippen molar-refractivity contribution in [1.82, 2.24) is 0 Å². The minimum atomic E-state index is 0.574. The first-order valence-corrected chi connectivity index (χ1v) is 4.89. The van der Waals surface area contributed by atoms with Gasteiger partial charge in [-0.2, -0.15) is 0 Å². The van der Waals surface area contributed by atoms with E-state index in [-0.39, 0.29) is 0 Å². The van der Waals surface area contributed by atoms with Crippen LogP contribution in [0, 0.1) is 11.3 Å². The molecular weight excluding hydrogens is 134 g/mol. The van der Waals surface area contributed by atoms with Crippen LogP contribution in [0.15, 0.2) is 0 Å². The molecule has 0 bridgehead atoms. The average Bonchev–Trinajstić information content (AvgIpc) is 1.86. The highest BCUT2D eigenvalue weighted by Gasteiger charge is 2.34. The Bertz CT molecular complexity index is 109. The van der Waals surface area contributed by atoms with Gasteiger partial charge in [0.15, 0.2) is 0 Å². The summed E-state index contributed by atoms with van der Waals surface area (Å²) in [5.74, 6) is 0.846. The van der Waals surface area contributed by atoms with E-state index in [0.29, 0.717) is 5.41 Å². The van der Waals surface area contributed by atoms with Crippen molar-refractivity contribution in [3.05, 3.63) is 0 Å². The summed E-state index contributed by atoms with van der Waals surface area (Å²) >= 11 is 0. The Hall–Kier alpha value is -0.0400. The second kappa shape index (κ2) is 3.57. The molecule has 1 heteroatoms. The van der Waals surface area contributed by atoms with Crippen LogP contribution in [0.25, 0.3) is 0 Å². The van der Waals surface area contributed by atoms with Gasteiger partial charge in [-0.15, -0.1) is 0 Å². The zero-order chi connectivity index (χ0) is 8.32. The molecule has 1 saturated carbocycles. The third kappa shape index (κ3) is 2.19. The van der Waals surface area contributed by atoms with E-state index in [0.717, 1.165) is 12.5 Å². The molecule has 0 saturated heterocycles. The van der Waals surface area contributed by atoms with Crippen LogP contribution >= 0.6 is 0 Å². The van der Waals surface area contributed by atoms with Crippen molar-refractivity contribution in [2.75, 3.05) is 6.54 Å². The standard InChI is InChI=1S/C10H21N/c1-9(2)4-7-10(8-11)5-3-6-10/h9H,3-8,11H2,1-2H3. The first-order chi connectivity index (χ1) is 5.18. The highest BCUT2D eigenvalue weighted by Crippen LogP contribution is 2.44. The lowest BCUT2D eigenvalue weighted by molar-refractivity contribution is 0.121. The van der Waals surface area contributed by atoms with E-state index in [9.17, 15) is 0 Å². The van der Waals surface area contributed by atoms with Crippen LogP contribution in [0.4, 0.5) is 0 Å². The second-order valence-electron chi connectivity index (χ2n) is 4.49. The predicted molar refractivity (Wildman–Crippen MR) is 49.4 cm³/mol. The summed E-state index contributed by atoms with van der Waals surface area (Å²) in [6.07, 6.45) is 6.90. The van der Waals surface area contributed by atoms with Gasteiger partial charge in [0, 0.05) is 0 Å². The van der Waals surface area contributed by atoms with Gasteiger partial charge in [0.1, 0.15) is 0 Å². The molecule has 0 unspecified atom stereocenters. The number of hydrogen-bond donors (Lipinski definition) is 1. The molecule has 1 aliphatic rings. The molecule has 0 atom stereocenters. The maximum atomic E-state index is 5.76. The van der Waals surface area contributed by atoms with Gasteiger partial charge in [0.2, 0.25) is 0 Å². The molecule has 1 aliphatic carbocycles. The summed E-state index contributed by atoms with van der Waals surface area (Å²) in [6.45, 7) is 5.51. The van der Waals surface area contributed by atoms with Crippen LogP contribution in [-0.2, 0) is 0 Å². The fourth-order valence-corrected chi connectivity index (χ4v) is 1.83. The Labute approximate surface area is 70.4 Å². The van der Waals surface area contributed by atoms with Gasteiger partial charge in [-0.1, -0.05) is 26.7 Å². The van der Waals surface area contributed by atoms with Crippen LogP contribution in [0.2, 0.25) is 0 Å². The topological polar surface area (TPSA) is 26.0 Å². The lowest BCUT2D eigenvalue weighted by Crippen LogP contribution is -2.37. The van der Waals surface area contributed by atoms with Crippen LogP contribution in [0.3, 0.4) is 0 Å². The third-order valence-electron chi connectivity index (χ3n) is 3.10. The number of rotatable bonds is 4. The molecule has 0 aromatic heterocycles. The van der Waals surface area contributed by atoms with Gasteiger partial charge in [0.05, 0.1) is 0 Å². The molecule has 0 aromatic carbocycles. The molecule has 0 aromatic rings. The van der Waals surface area contributed by atoms with Gasteiger partial charge >= 0.3 is 0 Å². The average molecular weight is 155 g/mol. The quantitative estimate of drug-likeness (QED) is 0.663. The molecule has 2 N–H and O–H groups in total. The molecular formula is C10H21N. The lowest BCUT2D eigenvalue weighted by Gasteiger charge is -2.41. The van der Waals surface area contributed by atoms with Gasteiger partial charge in [-0.3, -0.25) is 0 Å². The molecule has 0 heterocycles. The molecule has 66 valence electrons. The molecule has 0 radical (unpaired) electrons. The summed E-state index contributed by atoms with van der Waals surface area (Å²) in [5.41, 5.74) is 6.33. The Morgan fingerprint density at radius 1 is 1.36 bits per heavy atom. The predicted octanol–water partition coefficient (Wildman–Crippen LogP) is 2.55. The normalized spacial score (nSPS) is 21.8. The Morgan fingerprint density at radius 3 is 2.27 bits per heavy atom. The van der Waals surface area contributed by atoms with Gasteiger partial charge in [-0.25, -0.2) is 0 Å². The van der Waals surface area contributed by atoms with E-state index in [1.54, 1.807) is 0 Å². The molecule has 11 heavy (non-hydrogen) atoms. The van der Waals surface area contributed by atoms with E-state index in [2.05, 4.69) is 13.8 Å². The Balaban J connectivity index is 2.22. The zero-order valence-corrected chi connectivity index (χ0v) is 7.90. The maximum Gasteiger partial charge on any atom is -0.00205 e. The minimum Gasteiger partial charge on any atom is -0.330 e. The zero-order valence-electron chi connectivity index (χ0n) is 7.90. The second-order valence-corrected chi connectivity index (χ2v) is 4.49. The third-order valence-corrected chi connectivity index (χ3v) is 3.10. The van der Waals surface area contributed by atoms with Crippen molar-refractivity contribution in [3.63, 3.8) is 0 Å². The minimum absolute atomic E-state index is 0.574. The molecule has 0 amide bonds. The highest BCUT2D eigenvalue weighted by molar-refractivity contribution is 4.88. The van der Waals surface area contributed by atoms with E-state index in [4.69, 9.17) is 5.73 Å².